The van der Waals surface area contributed by atoms with E-state index in [4.69, 9.17) is 4.74 Å². The molecule has 2 heterocycles. The molecule has 3 aromatic rings. The van der Waals surface area contributed by atoms with Crippen LogP contribution in [0.1, 0.15) is 29.1 Å². The van der Waals surface area contributed by atoms with Gasteiger partial charge in [0.25, 0.3) is 0 Å². The predicted molar refractivity (Wildman–Crippen MR) is 113 cm³/mol. The molecule has 0 N–H and O–H groups in total. The topological polar surface area (TPSA) is 87.0 Å². The quantitative estimate of drug-likeness (QED) is 0.307. The zero-order valence-corrected chi connectivity index (χ0v) is 18.3. The number of aromatic nitrogens is 4. The van der Waals surface area contributed by atoms with Crippen LogP contribution >= 0.6 is 23.1 Å². The predicted octanol–water partition coefficient (Wildman–Crippen LogP) is 3.56. The molecule has 1 atom stereocenters. The van der Waals surface area contributed by atoms with Crippen molar-refractivity contribution in [1.82, 2.24) is 19.7 Å². The number of ether oxygens (including phenoxy) is 1. The van der Waals surface area contributed by atoms with Crippen LogP contribution in [-0.4, -0.2) is 43.9 Å². The average Bonchev–Trinajstić information content (AvgIpc) is 3.27. The minimum Gasteiger partial charge on any atom is -0.465 e. The van der Waals surface area contributed by atoms with Gasteiger partial charge in [0.15, 0.2) is 22.7 Å². The highest BCUT2D eigenvalue weighted by Crippen LogP contribution is 2.27. The van der Waals surface area contributed by atoms with Crippen LogP contribution in [0.5, 0.6) is 0 Å². The minimum absolute atomic E-state index is 0.0714. The van der Waals surface area contributed by atoms with Crippen molar-refractivity contribution in [3.63, 3.8) is 0 Å². The Morgan fingerprint density at radius 3 is 2.55 bits per heavy atom. The van der Waals surface area contributed by atoms with Crippen LogP contribution < -0.4 is 0 Å². The van der Waals surface area contributed by atoms with Gasteiger partial charge < -0.3 is 9.30 Å². The van der Waals surface area contributed by atoms with E-state index in [0.29, 0.717) is 10.2 Å². The van der Waals surface area contributed by atoms with E-state index in [-0.39, 0.29) is 18.1 Å². The van der Waals surface area contributed by atoms with Crippen molar-refractivity contribution >= 4 is 34.9 Å². The van der Waals surface area contributed by atoms with Gasteiger partial charge in [-0.25, -0.2) is 4.98 Å². The first kappa shape index (κ1) is 21.2. The summed E-state index contributed by atoms with van der Waals surface area (Å²) in [6, 6.07) is 8.00. The number of aryl methyl sites for hydroxylation is 2. The lowest BCUT2D eigenvalue weighted by atomic mass is 10.1. The van der Waals surface area contributed by atoms with Crippen LogP contribution in [0.15, 0.2) is 34.8 Å². The number of hydrogen-bond donors (Lipinski definition) is 0. The minimum atomic E-state index is -1.01. The number of thiazole rings is 1. The van der Waals surface area contributed by atoms with Gasteiger partial charge in [0.1, 0.15) is 5.01 Å². The van der Waals surface area contributed by atoms with E-state index in [1.165, 1.54) is 28.7 Å². The number of nitrogens with zero attached hydrogens (tertiary/aromatic N) is 4. The lowest BCUT2D eigenvalue weighted by molar-refractivity contribution is -0.147. The third kappa shape index (κ3) is 4.91. The highest BCUT2D eigenvalue weighted by atomic mass is 32.2. The van der Waals surface area contributed by atoms with Crippen molar-refractivity contribution in [3.8, 4) is 11.4 Å². The normalized spacial score (nSPS) is 12.0. The molecule has 9 heteroatoms. The van der Waals surface area contributed by atoms with Crippen LogP contribution in [0.2, 0.25) is 0 Å². The SMILES string of the molecule is CCOC(=O)[C@H](C(=O)CSc1nnc(-c2ccc(C)cc2)n1C)c1nc(C)cs1. The third-order valence-electron chi connectivity index (χ3n) is 4.22. The second-order valence-corrected chi connectivity index (χ2v) is 8.33. The summed E-state index contributed by atoms with van der Waals surface area (Å²) in [5.74, 6) is -1.04. The number of benzene rings is 1. The zero-order valence-electron chi connectivity index (χ0n) is 16.7. The van der Waals surface area contributed by atoms with E-state index in [9.17, 15) is 9.59 Å². The van der Waals surface area contributed by atoms with Gasteiger partial charge in [0, 0.05) is 23.7 Å². The van der Waals surface area contributed by atoms with Gasteiger partial charge in [0.05, 0.1) is 12.4 Å². The summed E-state index contributed by atoms with van der Waals surface area (Å²) in [5.41, 5.74) is 2.89. The summed E-state index contributed by atoms with van der Waals surface area (Å²) in [7, 11) is 1.86. The highest BCUT2D eigenvalue weighted by molar-refractivity contribution is 7.99. The van der Waals surface area contributed by atoms with Crippen LogP contribution in [0, 0.1) is 13.8 Å². The first-order chi connectivity index (χ1) is 13.9. The maximum absolute atomic E-state index is 12.9. The van der Waals surface area contributed by atoms with Crippen molar-refractivity contribution in [1.29, 1.82) is 0 Å². The van der Waals surface area contributed by atoms with E-state index in [1.54, 1.807) is 6.92 Å². The number of carbonyl (C=O) groups excluding carboxylic acids is 2. The van der Waals surface area contributed by atoms with Crippen LogP contribution in [0.3, 0.4) is 0 Å². The van der Waals surface area contributed by atoms with Crippen molar-refractivity contribution in [2.24, 2.45) is 7.05 Å². The molecular weight excluding hydrogens is 408 g/mol. The smallest absolute Gasteiger partial charge is 0.323 e. The Bertz CT molecular complexity index is 1010. The fraction of sp³-hybridized carbons (Fsp3) is 0.350. The molecule has 1 aromatic carbocycles. The molecular formula is C20H22N4O3S2. The van der Waals surface area contributed by atoms with E-state index < -0.39 is 11.9 Å². The van der Waals surface area contributed by atoms with E-state index in [1.807, 2.05) is 55.1 Å². The van der Waals surface area contributed by atoms with Crippen molar-refractivity contribution in [2.75, 3.05) is 12.4 Å². The third-order valence-corrected chi connectivity index (χ3v) is 6.29. The van der Waals surface area contributed by atoms with Gasteiger partial charge in [-0.1, -0.05) is 41.6 Å². The summed E-state index contributed by atoms with van der Waals surface area (Å²) < 4.78 is 6.94. The summed E-state index contributed by atoms with van der Waals surface area (Å²) in [6.07, 6.45) is 0. The zero-order chi connectivity index (χ0) is 21.0. The summed E-state index contributed by atoms with van der Waals surface area (Å²) in [4.78, 5) is 29.5. The van der Waals surface area contributed by atoms with E-state index >= 15 is 0 Å². The van der Waals surface area contributed by atoms with E-state index in [0.717, 1.165) is 17.1 Å². The standard InChI is InChI=1S/C20H22N4O3S2/c1-5-27-19(26)16(18-21-13(3)10-28-18)15(25)11-29-20-23-22-17(24(20)4)14-8-6-12(2)7-9-14/h6-10,16H,5,11H2,1-4H3/t16-/m1/s1. The van der Waals surface area contributed by atoms with Gasteiger partial charge in [-0.3, -0.25) is 9.59 Å². The second kappa shape index (κ2) is 9.32. The number of esters is 1. The first-order valence-corrected chi connectivity index (χ1v) is 11.0. The summed E-state index contributed by atoms with van der Waals surface area (Å²) in [6.45, 7) is 5.78. The largest absolute Gasteiger partial charge is 0.465 e. The second-order valence-electron chi connectivity index (χ2n) is 6.50. The molecule has 0 unspecified atom stereocenters. The number of rotatable bonds is 8. The van der Waals surface area contributed by atoms with Crippen molar-refractivity contribution in [3.05, 3.63) is 45.9 Å². The molecule has 0 aliphatic carbocycles. The Morgan fingerprint density at radius 1 is 1.21 bits per heavy atom. The van der Waals surface area contributed by atoms with E-state index in [2.05, 4.69) is 15.2 Å². The number of Topliss-reactive ketones (excluding diaryl/α,β-unsaturated/α-hetero) is 1. The lowest BCUT2D eigenvalue weighted by Crippen LogP contribution is -2.25. The highest BCUT2D eigenvalue weighted by Gasteiger charge is 2.32. The van der Waals surface area contributed by atoms with Gasteiger partial charge in [-0.05, 0) is 20.8 Å². The number of hydrogen-bond acceptors (Lipinski definition) is 8. The lowest BCUT2D eigenvalue weighted by Gasteiger charge is -2.12. The molecule has 2 aromatic heterocycles. The Hall–Kier alpha value is -2.52. The molecule has 3 rings (SSSR count). The average molecular weight is 431 g/mol. The van der Waals surface area contributed by atoms with Crippen molar-refractivity contribution in [2.45, 2.75) is 31.8 Å². The Kier molecular flexibility index (Phi) is 6.81. The molecule has 0 saturated carbocycles. The monoisotopic (exact) mass is 430 g/mol. The van der Waals surface area contributed by atoms with Gasteiger partial charge in [-0.2, -0.15) is 0 Å². The molecule has 152 valence electrons. The fourth-order valence-corrected chi connectivity index (χ4v) is 4.44. The maximum Gasteiger partial charge on any atom is 0.323 e. The summed E-state index contributed by atoms with van der Waals surface area (Å²) >= 11 is 2.54. The van der Waals surface area contributed by atoms with Crippen molar-refractivity contribution < 1.29 is 14.3 Å². The molecule has 0 spiro atoms. The van der Waals surface area contributed by atoms with Crippen LogP contribution in [0.4, 0.5) is 0 Å². The van der Waals surface area contributed by atoms with Gasteiger partial charge in [0.2, 0.25) is 0 Å². The number of thioether (sulfide) groups is 1. The first-order valence-electron chi connectivity index (χ1n) is 9.11. The van der Waals surface area contributed by atoms with Gasteiger partial charge >= 0.3 is 5.97 Å². The molecule has 0 bridgehead atoms. The number of carbonyl (C=O) groups is 2. The maximum atomic E-state index is 12.9. The Labute approximate surface area is 177 Å². The molecule has 0 saturated heterocycles. The molecule has 0 aliphatic rings. The fourth-order valence-electron chi connectivity index (χ4n) is 2.71. The molecule has 7 nitrogen and oxygen atoms in total. The van der Waals surface area contributed by atoms with Gasteiger partial charge in [-0.15, -0.1) is 21.5 Å². The Balaban J connectivity index is 1.74. The molecule has 29 heavy (non-hydrogen) atoms. The van der Waals surface area contributed by atoms with Crippen LogP contribution in [0.25, 0.3) is 11.4 Å². The van der Waals surface area contributed by atoms with Crippen LogP contribution in [-0.2, 0) is 21.4 Å². The molecule has 0 amide bonds. The molecule has 0 aliphatic heterocycles. The molecule has 0 fully saturated rings. The number of ketones is 1. The molecule has 0 radical (unpaired) electrons. The summed E-state index contributed by atoms with van der Waals surface area (Å²) in [5, 5.41) is 11.3. The Morgan fingerprint density at radius 2 is 1.93 bits per heavy atom.